The van der Waals surface area contributed by atoms with E-state index in [1.54, 1.807) is 0 Å². The van der Waals surface area contributed by atoms with Gasteiger partial charge in [0.2, 0.25) is 0 Å². The molecule has 23 heavy (non-hydrogen) atoms. The van der Waals surface area contributed by atoms with Crippen LogP contribution in [0.3, 0.4) is 0 Å². The van der Waals surface area contributed by atoms with Gasteiger partial charge >= 0.3 is 0 Å². The Morgan fingerprint density at radius 2 is 1.70 bits per heavy atom. The van der Waals surface area contributed by atoms with Crippen molar-refractivity contribution in [2.24, 2.45) is 0 Å². The first-order valence-electron chi connectivity index (χ1n) is 7.83. The van der Waals surface area contributed by atoms with Crippen LogP contribution in [0, 0.1) is 0 Å². The lowest BCUT2D eigenvalue weighted by Gasteiger charge is -2.08. The molecular weight excluding hydrogens is 312 g/mol. The van der Waals surface area contributed by atoms with Crippen LogP contribution in [0.15, 0.2) is 53.4 Å². The lowest BCUT2D eigenvalue weighted by atomic mass is 10.1. The summed E-state index contributed by atoms with van der Waals surface area (Å²) in [5, 5.41) is 0. The minimum atomic E-state index is -4.17. The third-order valence-electron chi connectivity index (χ3n) is 3.57. The monoisotopic (exact) mass is 334 g/mol. The number of aryl methyl sites for hydroxylation is 1. The van der Waals surface area contributed by atoms with Crippen molar-refractivity contribution in [3.05, 3.63) is 54.1 Å². The lowest BCUT2D eigenvalue weighted by Crippen LogP contribution is -1.97. The van der Waals surface area contributed by atoms with E-state index in [-0.39, 0.29) is 4.90 Å². The first kappa shape index (κ1) is 17.5. The SMILES string of the molecule is CCCCCCc1cccc(Oc2ccc(S(=O)(=O)O)cc2)c1. The normalized spacial score (nSPS) is 11.4. The molecule has 0 aliphatic rings. The molecule has 0 saturated heterocycles. The third-order valence-corrected chi connectivity index (χ3v) is 4.44. The van der Waals surface area contributed by atoms with Crippen LogP contribution in [-0.2, 0) is 16.5 Å². The zero-order valence-electron chi connectivity index (χ0n) is 13.2. The second kappa shape index (κ2) is 8.13. The number of hydrogen-bond donors (Lipinski definition) is 1. The molecule has 2 aromatic carbocycles. The Balaban J connectivity index is 2.00. The van der Waals surface area contributed by atoms with Crippen LogP contribution >= 0.6 is 0 Å². The standard InChI is InChI=1S/C18H22O4S/c1-2-3-4-5-7-15-8-6-9-17(14-15)22-16-10-12-18(13-11-16)23(19,20)21/h6,8-14H,2-5,7H2,1H3,(H,19,20,21). The largest absolute Gasteiger partial charge is 0.457 e. The maximum atomic E-state index is 11.0. The predicted octanol–water partition coefficient (Wildman–Crippen LogP) is 4.85. The van der Waals surface area contributed by atoms with Crippen molar-refractivity contribution in [3.63, 3.8) is 0 Å². The molecule has 0 spiro atoms. The Hall–Kier alpha value is -1.85. The van der Waals surface area contributed by atoms with E-state index in [0.717, 1.165) is 12.2 Å². The highest BCUT2D eigenvalue weighted by molar-refractivity contribution is 7.85. The summed E-state index contributed by atoms with van der Waals surface area (Å²) < 4.78 is 36.7. The molecular formula is C18H22O4S. The van der Waals surface area contributed by atoms with Gasteiger partial charge in [-0.1, -0.05) is 38.3 Å². The summed E-state index contributed by atoms with van der Waals surface area (Å²) in [5.74, 6) is 1.25. The smallest absolute Gasteiger partial charge is 0.294 e. The molecule has 0 fully saturated rings. The van der Waals surface area contributed by atoms with Crippen LogP contribution in [0.1, 0.15) is 38.2 Å². The zero-order chi connectivity index (χ0) is 16.7. The summed E-state index contributed by atoms with van der Waals surface area (Å²) >= 11 is 0. The van der Waals surface area contributed by atoms with E-state index in [2.05, 4.69) is 13.0 Å². The van der Waals surface area contributed by atoms with Crippen molar-refractivity contribution in [3.8, 4) is 11.5 Å². The molecule has 0 bridgehead atoms. The van der Waals surface area contributed by atoms with Gasteiger partial charge in [-0.05, 0) is 54.8 Å². The first-order chi connectivity index (χ1) is 11.0. The molecule has 0 aliphatic heterocycles. The minimum Gasteiger partial charge on any atom is -0.457 e. The van der Waals surface area contributed by atoms with Crippen LogP contribution in [0.2, 0.25) is 0 Å². The van der Waals surface area contributed by atoms with E-state index < -0.39 is 10.1 Å². The Bertz CT molecular complexity index is 721. The van der Waals surface area contributed by atoms with Crippen LogP contribution in [0.5, 0.6) is 11.5 Å². The third kappa shape index (κ3) is 5.69. The number of ether oxygens (including phenoxy) is 1. The van der Waals surface area contributed by atoms with E-state index in [0.29, 0.717) is 5.75 Å². The van der Waals surface area contributed by atoms with Crippen molar-refractivity contribution < 1.29 is 17.7 Å². The Labute approximate surface area is 137 Å². The van der Waals surface area contributed by atoms with Gasteiger partial charge < -0.3 is 4.74 Å². The van der Waals surface area contributed by atoms with E-state index in [9.17, 15) is 8.42 Å². The number of rotatable bonds is 8. The lowest BCUT2D eigenvalue weighted by molar-refractivity contribution is 0.477. The predicted molar refractivity (Wildman–Crippen MR) is 90.6 cm³/mol. The van der Waals surface area contributed by atoms with E-state index in [4.69, 9.17) is 9.29 Å². The Kier molecular flexibility index (Phi) is 6.19. The highest BCUT2D eigenvalue weighted by Gasteiger charge is 2.09. The fourth-order valence-corrected chi connectivity index (χ4v) is 2.82. The second-order valence-electron chi connectivity index (χ2n) is 5.51. The van der Waals surface area contributed by atoms with Gasteiger partial charge in [0.25, 0.3) is 10.1 Å². The topological polar surface area (TPSA) is 63.6 Å². The maximum Gasteiger partial charge on any atom is 0.294 e. The molecule has 0 aliphatic carbocycles. The van der Waals surface area contributed by atoms with E-state index in [1.165, 1.54) is 55.5 Å². The fourth-order valence-electron chi connectivity index (χ4n) is 2.34. The van der Waals surface area contributed by atoms with Crippen molar-refractivity contribution in [2.45, 2.75) is 43.9 Å². The molecule has 5 heteroatoms. The van der Waals surface area contributed by atoms with Gasteiger partial charge in [-0.15, -0.1) is 0 Å². The highest BCUT2D eigenvalue weighted by atomic mass is 32.2. The molecule has 0 heterocycles. The average molecular weight is 334 g/mol. The van der Waals surface area contributed by atoms with Crippen molar-refractivity contribution in [1.29, 1.82) is 0 Å². The quantitative estimate of drug-likeness (QED) is 0.554. The average Bonchev–Trinajstić information content (AvgIpc) is 2.52. The number of benzene rings is 2. The van der Waals surface area contributed by atoms with Gasteiger partial charge in [0.1, 0.15) is 11.5 Å². The maximum absolute atomic E-state index is 11.0. The molecule has 1 N–H and O–H groups in total. The van der Waals surface area contributed by atoms with Crippen LogP contribution in [0.25, 0.3) is 0 Å². The van der Waals surface area contributed by atoms with Gasteiger partial charge in [-0.25, -0.2) is 0 Å². The first-order valence-corrected chi connectivity index (χ1v) is 9.27. The number of hydrogen-bond acceptors (Lipinski definition) is 3. The zero-order valence-corrected chi connectivity index (χ0v) is 14.1. The second-order valence-corrected chi connectivity index (χ2v) is 6.93. The molecule has 0 radical (unpaired) electrons. The summed E-state index contributed by atoms with van der Waals surface area (Å²) in [6, 6.07) is 13.6. The molecule has 2 aromatic rings. The van der Waals surface area contributed by atoms with E-state index >= 15 is 0 Å². The fraction of sp³-hybridized carbons (Fsp3) is 0.333. The minimum absolute atomic E-state index is 0.144. The van der Waals surface area contributed by atoms with Gasteiger partial charge in [0.05, 0.1) is 4.90 Å². The van der Waals surface area contributed by atoms with Crippen molar-refractivity contribution >= 4 is 10.1 Å². The molecule has 0 amide bonds. The summed E-state index contributed by atoms with van der Waals surface area (Å²) in [6.07, 6.45) is 5.91. The molecule has 4 nitrogen and oxygen atoms in total. The molecule has 0 aromatic heterocycles. The molecule has 0 unspecified atom stereocenters. The summed E-state index contributed by atoms with van der Waals surface area (Å²) in [7, 11) is -4.17. The highest BCUT2D eigenvalue weighted by Crippen LogP contribution is 2.24. The van der Waals surface area contributed by atoms with Gasteiger partial charge in [-0.2, -0.15) is 8.42 Å². The molecule has 2 rings (SSSR count). The van der Waals surface area contributed by atoms with Crippen LogP contribution < -0.4 is 4.74 Å². The Morgan fingerprint density at radius 3 is 2.35 bits per heavy atom. The number of unbranched alkanes of at least 4 members (excludes halogenated alkanes) is 3. The van der Waals surface area contributed by atoms with Crippen molar-refractivity contribution in [2.75, 3.05) is 0 Å². The van der Waals surface area contributed by atoms with Gasteiger partial charge in [-0.3, -0.25) is 4.55 Å². The van der Waals surface area contributed by atoms with Crippen LogP contribution in [0.4, 0.5) is 0 Å². The molecule has 124 valence electrons. The Morgan fingerprint density at radius 1 is 0.957 bits per heavy atom. The molecule has 0 atom stereocenters. The summed E-state index contributed by atoms with van der Waals surface area (Å²) in [5.41, 5.74) is 1.23. The van der Waals surface area contributed by atoms with Gasteiger partial charge in [0, 0.05) is 0 Å². The summed E-state index contributed by atoms with van der Waals surface area (Å²) in [4.78, 5) is -0.144. The van der Waals surface area contributed by atoms with Crippen molar-refractivity contribution in [1.82, 2.24) is 0 Å². The van der Waals surface area contributed by atoms with Gasteiger partial charge in [0.15, 0.2) is 0 Å². The molecule has 0 saturated carbocycles. The summed E-state index contributed by atoms with van der Waals surface area (Å²) in [6.45, 7) is 2.20. The van der Waals surface area contributed by atoms with E-state index in [1.807, 2.05) is 18.2 Å². The van der Waals surface area contributed by atoms with Crippen LogP contribution in [-0.4, -0.2) is 13.0 Å².